The van der Waals surface area contributed by atoms with E-state index < -0.39 is 0 Å². The maximum absolute atomic E-state index is 12.2. The van der Waals surface area contributed by atoms with Gasteiger partial charge in [-0.05, 0) is 36.5 Å². The van der Waals surface area contributed by atoms with Crippen LogP contribution in [-0.2, 0) is 0 Å². The zero-order valence-corrected chi connectivity index (χ0v) is 13.6. The Morgan fingerprint density at radius 3 is 2.70 bits per heavy atom. The summed E-state index contributed by atoms with van der Waals surface area (Å²) in [5.41, 5.74) is 0.462. The molecule has 0 aliphatic heterocycles. The summed E-state index contributed by atoms with van der Waals surface area (Å²) in [6, 6.07) is 5.00. The normalized spacial score (nSPS) is 11.2. The number of hydrogen-bond donors (Lipinski definition) is 1. The third-order valence-electron chi connectivity index (χ3n) is 3.12. The van der Waals surface area contributed by atoms with E-state index in [2.05, 4.69) is 19.2 Å². The lowest BCUT2D eigenvalue weighted by atomic mass is 9.88. The Morgan fingerprint density at radius 1 is 1.40 bits per heavy atom. The molecule has 5 heteroatoms. The second-order valence-corrected chi connectivity index (χ2v) is 6.30. The molecule has 0 aromatic heterocycles. The van der Waals surface area contributed by atoms with Gasteiger partial charge in [0.1, 0.15) is 5.75 Å². The number of ether oxygens (including phenoxy) is 1. The van der Waals surface area contributed by atoms with Gasteiger partial charge in [0.05, 0.1) is 12.7 Å². The first kappa shape index (κ1) is 17.1. The van der Waals surface area contributed by atoms with Gasteiger partial charge in [-0.3, -0.25) is 4.79 Å². The summed E-state index contributed by atoms with van der Waals surface area (Å²) >= 11 is 11.6. The van der Waals surface area contributed by atoms with Crippen molar-refractivity contribution in [2.75, 3.05) is 19.5 Å². The fourth-order valence-electron chi connectivity index (χ4n) is 1.91. The van der Waals surface area contributed by atoms with Crippen molar-refractivity contribution in [3.8, 4) is 5.75 Å². The molecule has 112 valence electrons. The molecule has 1 N–H and O–H groups in total. The van der Waals surface area contributed by atoms with Crippen LogP contribution in [0.15, 0.2) is 18.2 Å². The summed E-state index contributed by atoms with van der Waals surface area (Å²) in [6.45, 7) is 4.79. The number of amides is 1. The van der Waals surface area contributed by atoms with Crippen LogP contribution in [0.1, 0.15) is 37.0 Å². The summed E-state index contributed by atoms with van der Waals surface area (Å²) < 4.78 is 5.18. The second kappa shape index (κ2) is 7.75. The fraction of sp³-hybridized carbons (Fsp3) is 0.533. The molecule has 0 radical (unpaired) electrons. The van der Waals surface area contributed by atoms with E-state index in [9.17, 15) is 4.79 Å². The van der Waals surface area contributed by atoms with Crippen LogP contribution >= 0.6 is 23.2 Å². The largest absolute Gasteiger partial charge is 0.496 e. The van der Waals surface area contributed by atoms with E-state index in [-0.39, 0.29) is 11.3 Å². The highest BCUT2D eigenvalue weighted by Gasteiger charge is 2.20. The average molecular weight is 318 g/mol. The number of carbonyl (C=O) groups is 1. The summed E-state index contributed by atoms with van der Waals surface area (Å²) in [5.74, 6) is 0.980. The number of nitrogens with one attached hydrogen (secondary N) is 1. The van der Waals surface area contributed by atoms with Gasteiger partial charge in [0.25, 0.3) is 5.91 Å². The monoisotopic (exact) mass is 317 g/mol. The summed E-state index contributed by atoms with van der Waals surface area (Å²) in [7, 11) is 1.53. The lowest BCUT2D eigenvalue weighted by Gasteiger charge is -2.24. The van der Waals surface area contributed by atoms with Gasteiger partial charge in [-0.15, -0.1) is 11.6 Å². The van der Waals surface area contributed by atoms with E-state index in [1.165, 1.54) is 7.11 Å². The van der Waals surface area contributed by atoms with Crippen molar-refractivity contribution in [2.24, 2.45) is 5.41 Å². The molecule has 0 aliphatic carbocycles. The quantitative estimate of drug-likeness (QED) is 0.768. The van der Waals surface area contributed by atoms with E-state index >= 15 is 0 Å². The maximum Gasteiger partial charge on any atom is 0.255 e. The Bertz CT molecular complexity index is 461. The molecule has 0 heterocycles. The second-order valence-electron chi connectivity index (χ2n) is 5.48. The molecule has 1 rings (SSSR count). The molecule has 1 aromatic carbocycles. The van der Waals surface area contributed by atoms with Gasteiger partial charge < -0.3 is 10.1 Å². The molecule has 3 nitrogen and oxygen atoms in total. The van der Waals surface area contributed by atoms with Crippen molar-refractivity contribution in [3.05, 3.63) is 28.8 Å². The van der Waals surface area contributed by atoms with Crippen molar-refractivity contribution in [2.45, 2.75) is 26.7 Å². The van der Waals surface area contributed by atoms with Gasteiger partial charge >= 0.3 is 0 Å². The number of alkyl halides is 1. The maximum atomic E-state index is 12.2. The zero-order chi connectivity index (χ0) is 15.2. The molecule has 0 saturated heterocycles. The number of carbonyl (C=O) groups excluding carboxylic acids is 1. The molecule has 0 bridgehead atoms. The fourth-order valence-corrected chi connectivity index (χ4v) is 2.21. The van der Waals surface area contributed by atoms with Crippen LogP contribution in [0, 0.1) is 5.41 Å². The molecule has 0 fully saturated rings. The Kier molecular flexibility index (Phi) is 6.63. The topological polar surface area (TPSA) is 38.3 Å². The predicted molar refractivity (Wildman–Crippen MR) is 84.1 cm³/mol. The first-order chi connectivity index (χ1) is 9.39. The van der Waals surface area contributed by atoms with Crippen molar-refractivity contribution in [1.29, 1.82) is 0 Å². The summed E-state index contributed by atoms with van der Waals surface area (Å²) in [4.78, 5) is 12.2. The minimum absolute atomic E-state index is 0.0103. The number of rotatable bonds is 7. The van der Waals surface area contributed by atoms with Crippen LogP contribution in [0.2, 0.25) is 5.02 Å². The standard InChI is InChI=1S/C15H21Cl2NO2/c1-15(2,7-4-8-16)10-18-14(19)12-9-11(17)5-6-13(12)20-3/h5-6,9H,4,7-8,10H2,1-3H3,(H,18,19). The summed E-state index contributed by atoms with van der Waals surface area (Å²) in [5, 5.41) is 3.44. The van der Waals surface area contributed by atoms with Gasteiger partial charge in [-0.1, -0.05) is 25.4 Å². The highest BCUT2D eigenvalue weighted by Crippen LogP contribution is 2.24. The van der Waals surface area contributed by atoms with E-state index in [0.29, 0.717) is 28.8 Å². The Hall–Kier alpha value is -0.930. The van der Waals surface area contributed by atoms with E-state index in [0.717, 1.165) is 12.8 Å². The zero-order valence-electron chi connectivity index (χ0n) is 12.1. The van der Waals surface area contributed by atoms with Gasteiger partial charge in [0, 0.05) is 17.4 Å². The molecule has 1 amide bonds. The van der Waals surface area contributed by atoms with Gasteiger partial charge in [-0.2, -0.15) is 0 Å². The van der Waals surface area contributed by atoms with Crippen LogP contribution in [0.4, 0.5) is 0 Å². The van der Waals surface area contributed by atoms with Gasteiger partial charge in [0.2, 0.25) is 0 Å². The number of methoxy groups -OCH3 is 1. The minimum Gasteiger partial charge on any atom is -0.496 e. The minimum atomic E-state index is -0.178. The van der Waals surface area contributed by atoms with Crippen LogP contribution in [0.5, 0.6) is 5.75 Å². The molecule has 0 atom stereocenters. The lowest BCUT2D eigenvalue weighted by Crippen LogP contribution is -2.34. The van der Waals surface area contributed by atoms with Crippen LogP contribution < -0.4 is 10.1 Å². The smallest absolute Gasteiger partial charge is 0.255 e. The van der Waals surface area contributed by atoms with E-state index in [1.807, 2.05) is 0 Å². The van der Waals surface area contributed by atoms with Gasteiger partial charge in [0.15, 0.2) is 0 Å². The molecule has 0 spiro atoms. The van der Waals surface area contributed by atoms with Crippen LogP contribution in [0.25, 0.3) is 0 Å². The third-order valence-corrected chi connectivity index (χ3v) is 3.62. The third kappa shape index (κ3) is 5.22. The van der Waals surface area contributed by atoms with Crippen molar-refractivity contribution in [3.63, 3.8) is 0 Å². The SMILES string of the molecule is COc1ccc(Cl)cc1C(=O)NCC(C)(C)CCCCl. The van der Waals surface area contributed by atoms with Crippen molar-refractivity contribution >= 4 is 29.1 Å². The molecule has 1 aromatic rings. The number of hydrogen-bond acceptors (Lipinski definition) is 2. The highest BCUT2D eigenvalue weighted by atomic mass is 35.5. The Balaban J connectivity index is 2.69. The summed E-state index contributed by atoms with van der Waals surface area (Å²) in [6.07, 6.45) is 1.90. The molecular weight excluding hydrogens is 297 g/mol. The molecule has 0 saturated carbocycles. The Labute approximate surface area is 130 Å². The molecule has 20 heavy (non-hydrogen) atoms. The van der Waals surface area contributed by atoms with Gasteiger partial charge in [-0.25, -0.2) is 0 Å². The van der Waals surface area contributed by atoms with E-state index in [1.54, 1.807) is 18.2 Å². The van der Waals surface area contributed by atoms with Crippen molar-refractivity contribution < 1.29 is 9.53 Å². The first-order valence-corrected chi connectivity index (χ1v) is 7.48. The lowest BCUT2D eigenvalue weighted by molar-refractivity contribution is 0.0931. The van der Waals surface area contributed by atoms with Crippen LogP contribution in [0.3, 0.4) is 0 Å². The molecular formula is C15H21Cl2NO2. The van der Waals surface area contributed by atoms with Crippen molar-refractivity contribution in [1.82, 2.24) is 5.32 Å². The highest BCUT2D eigenvalue weighted by molar-refractivity contribution is 6.31. The van der Waals surface area contributed by atoms with E-state index in [4.69, 9.17) is 27.9 Å². The van der Waals surface area contributed by atoms with Crippen LogP contribution in [-0.4, -0.2) is 25.4 Å². The average Bonchev–Trinajstić information content (AvgIpc) is 2.42. The molecule has 0 aliphatic rings. The number of halogens is 2. The molecule has 0 unspecified atom stereocenters. The predicted octanol–water partition coefficient (Wildman–Crippen LogP) is 4.12. The first-order valence-electron chi connectivity index (χ1n) is 6.57. The number of benzene rings is 1. The Morgan fingerprint density at radius 2 is 2.10 bits per heavy atom.